The molecule has 36 heavy (non-hydrogen) atoms. The Balaban J connectivity index is 0.000000197. The molecule has 1 aliphatic rings. The average Bonchev–Trinajstić information content (AvgIpc) is 3.23. The molecule has 1 aromatic heterocycles. The zero-order valence-corrected chi connectivity index (χ0v) is 20.7. The lowest BCUT2D eigenvalue weighted by Crippen LogP contribution is -2.43. The van der Waals surface area contributed by atoms with E-state index in [4.69, 9.17) is 10.4 Å². The number of carbonyl (C=O) groups is 1. The first-order chi connectivity index (χ1) is 17.4. The number of imidazole rings is 1. The molecule has 184 valence electrons. The van der Waals surface area contributed by atoms with Crippen LogP contribution in [0.3, 0.4) is 0 Å². The van der Waals surface area contributed by atoms with Crippen LogP contribution in [-0.4, -0.2) is 46.8 Å². The number of aromatic carboxylic acids is 1. The Labute approximate surface area is 211 Å². The third-order valence-electron chi connectivity index (χ3n) is 6.42. The fraction of sp³-hybridized carbons (Fsp3) is 0.276. The normalized spacial score (nSPS) is 13.1. The van der Waals surface area contributed by atoms with Gasteiger partial charge in [0.25, 0.3) is 0 Å². The number of nitrogens with zero attached hydrogens (tertiary/aromatic N) is 4. The lowest BCUT2D eigenvalue weighted by atomic mass is 10.1. The second kappa shape index (κ2) is 11.5. The first-order valence-electron chi connectivity index (χ1n) is 12.1. The molecule has 1 aliphatic heterocycles. The van der Waals surface area contributed by atoms with Crippen LogP contribution < -0.4 is 10.2 Å². The Morgan fingerprint density at radius 3 is 2.47 bits per heavy atom. The summed E-state index contributed by atoms with van der Waals surface area (Å²) in [5.41, 5.74) is 6.36. The molecule has 0 unspecified atom stereocenters. The standard InChI is InChI=1S/C18H15N3O2.C11H16N2/c1-21-16-8-7-14(18(22)23)10-15(16)20-17(21)9-6-12-2-4-13(11-19)5-3-12;1-10-3-2-4-11(9-10)13-7-5-12-6-8-13/h2-5,7-8,10H,6,9H2,1H3,(H,22,23);2-4,9,12H,5-8H2,1H3. The van der Waals surface area contributed by atoms with Gasteiger partial charge in [-0.15, -0.1) is 0 Å². The third kappa shape index (κ3) is 6.09. The molecule has 2 N–H and O–H groups in total. The number of aryl methyl sites for hydroxylation is 4. The Morgan fingerprint density at radius 1 is 1.06 bits per heavy atom. The van der Waals surface area contributed by atoms with Crippen molar-refractivity contribution in [1.29, 1.82) is 5.26 Å². The van der Waals surface area contributed by atoms with Gasteiger partial charge in [-0.05, 0) is 66.9 Å². The third-order valence-corrected chi connectivity index (χ3v) is 6.42. The zero-order valence-electron chi connectivity index (χ0n) is 20.7. The largest absolute Gasteiger partial charge is 0.478 e. The number of aromatic nitrogens is 2. The van der Waals surface area contributed by atoms with Crippen LogP contribution in [0.1, 0.15) is 32.9 Å². The molecule has 1 saturated heterocycles. The molecule has 3 aromatic carbocycles. The molecule has 5 rings (SSSR count). The van der Waals surface area contributed by atoms with E-state index >= 15 is 0 Å². The maximum absolute atomic E-state index is 11.0. The highest BCUT2D eigenvalue weighted by molar-refractivity contribution is 5.92. The predicted molar refractivity (Wildman–Crippen MR) is 142 cm³/mol. The van der Waals surface area contributed by atoms with E-state index in [2.05, 4.69) is 52.5 Å². The summed E-state index contributed by atoms with van der Waals surface area (Å²) in [6.45, 7) is 6.61. The summed E-state index contributed by atoms with van der Waals surface area (Å²) >= 11 is 0. The summed E-state index contributed by atoms with van der Waals surface area (Å²) in [5, 5.41) is 21.2. The highest BCUT2D eigenvalue weighted by Gasteiger charge is 2.11. The van der Waals surface area contributed by atoms with Gasteiger partial charge in [-0.1, -0.05) is 24.3 Å². The number of carboxylic acids is 1. The number of anilines is 1. The molecule has 0 spiro atoms. The van der Waals surface area contributed by atoms with Crippen LogP contribution in [0.25, 0.3) is 11.0 Å². The van der Waals surface area contributed by atoms with E-state index in [9.17, 15) is 4.79 Å². The minimum atomic E-state index is -0.948. The van der Waals surface area contributed by atoms with Crippen molar-refractivity contribution < 1.29 is 9.90 Å². The quantitative estimate of drug-likeness (QED) is 0.441. The second-order valence-electron chi connectivity index (χ2n) is 8.98. The first-order valence-corrected chi connectivity index (χ1v) is 12.1. The van der Waals surface area contributed by atoms with Gasteiger partial charge >= 0.3 is 5.97 Å². The molecule has 7 nitrogen and oxygen atoms in total. The summed E-state index contributed by atoms with van der Waals surface area (Å²) in [7, 11) is 1.93. The number of rotatable bonds is 5. The molecule has 0 amide bonds. The SMILES string of the molecule is Cc1cccc(N2CCNCC2)c1.Cn1c(CCc2ccc(C#N)cc2)nc2cc(C(=O)O)ccc21. The van der Waals surface area contributed by atoms with E-state index in [0.717, 1.165) is 55.9 Å². The van der Waals surface area contributed by atoms with Gasteiger partial charge in [0.15, 0.2) is 0 Å². The van der Waals surface area contributed by atoms with E-state index in [0.29, 0.717) is 11.1 Å². The number of fused-ring (bicyclic) bond motifs is 1. The van der Waals surface area contributed by atoms with Gasteiger partial charge in [-0.2, -0.15) is 5.26 Å². The molecule has 0 aliphatic carbocycles. The molecule has 1 fully saturated rings. The van der Waals surface area contributed by atoms with E-state index < -0.39 is 5.97 Å². The van der Waals surface area contributed by atoms with Crippen molar-refractivity contribution in [2.75, 3.05) is 31.1 Å². The molecule has 0 bridgehead atoms. The summed E-state index contributed by atoms with van der Waals surface area (Å²) in [5.74, 6) is -0.0383. The van der Waals surface area contributed by atoms with Crippen LogP contribution in [0.4, 0.5) is 5.69 Å². The van der Waals surface area contributed by atoms with Gasteiger partial charge < -0.3 is 19.9 Å². The smallest absolute Gasteiger partial charge is 0.335 e. The van der Waals surface area contributed by atoms with Crippen LogP contribution in [0.15, 0.2) is 66.7 Å². The number of piperazine rings is 1. The second-order valence-corrected chi connectivity index (χ2v) is 8.98. The van der Waals surface area contributed by atoms with E-state index in [-0.39, 0.29) is 5.56 Å². The minimum absolute atomic E-state index is 0.245. The molecule has 2 heterocycles. The van der Waals surface area contributed by atoms with E-state index in [1.807, 2.05) is 35.9 Å². The number of benzene rings is 3. The molecule has 0 radical (unpaired) electrons. The number of nitriles is 1. The zero-order chi connectivity index (χ0) is 25.5. The highest BCUT2D eigenvalue weighted by Crippen LogP contribution is 2.19. The maximum Gasteiger partial charge on any atom is 0.335 e. The lowest BCUT2D eigenvalue weighted by Gasteiger charge is -2.29. The molecule has 0 saturated carbocycles. The number of carboxylic acid groups (broad SMARTS) is 1. The van der Waals surface area contributed by atoms with Crippen molar-refractivity contribution in [2.45, 2.75) is 19.8 Å². The fourth-order valence-corrected chi connectivity index (χ4v) is 4.36. The Morgan fingerprint density at radius 2 is 1.81 bits per heavy atom. The summed E-state index contributed by atoms with van der Waals surface area (Å²) in [6.07, 6.45) is 1.56. The van der Waals surface area contributed by atoms with Crippen LogP contribution in [0.5, 0.6) is 0 Å². The molecule has 7 heteroatoms. The van der Waals surface area contributed by atoms with Crippen LogP contribution in [-0.2, 0) is 19.9 Å². The van der Waals surface area contributed by atoms with Crippen molar-refractivity contribution in [2.24, 2.45) is 7.05 Å². The first kappa shape index (κ1) is 25.0. The average molecular weight is 482 g/mol. The Bertz CT molecular complexity index is 1380. The number of hydrogen-bond acceptors (Lipinski definition) is 5. The van der Waals surface area contributed by atoms with Gasteiger partial charge in [0.1, 0.15) is 5.82 Å². The van der Waals surface area contributed by atoms with Crippen molar-refractivity contribution in [3.63, 3.8) is 0 Å². The Hall–Kier alpha value is -4.15. The van der Waals surface area contributed by atoms with Gasteiger partial charge in [-0.3, -0.25) is 0 Å². The van der Waals surface area contributed by atoms with Crippen molar-refractivity contribution in [3.8, 4) is 6.07 Å². The van der Waals surface area contributed by atoms with Gasteiger partial charge in [0.2, 0.25) is 0 Å². The van der Waals surface area contributed by atoms with E-state index in [1.54, 1.807) is 18.2 Å². The summed E-state index contributed by atoms with van der Waals surface area (Å²) in [6, 6.07) is 23.3. The lowest BCUT2D eigenvalue weighted by molar-refractivity contribution is 0.0697. The van der Waals surface area contributed by atoms with Crippen LogP contribution in [0, 0.1) is 18.3 Å². The van der Waals surface area contributed by atoms with Crippen molar-refractivity contribution in [1.82, 2.24) is 14.9 Å². The fourth-order valence-electron chi connectivity index (χ4n) is 4.36. The van der Waals surface area contributed by atoms with Crippen molar-refractivity contribution in [3.05, 3.63) is 94.8 Å². The summed E-state index contributed by atoms with van der Waals surface area (Å²) in [4.78, 5) is 18.0. The Kier molecular flexibility index (Phi) is 7.99. The van der Waals surface area contributed by atoms with Crippen LogP contribution >= 0.6 is 0 Å². The number of hydrogen-bond donors (Lipinski definition) is 2. The van der Waals surface area contributed by atoms with Crippen molar-refractivity contribution >= 4 is 22.7 Å². The van der Waals surface area contributed by atoms with Gasteiger partial charge in [-0.25, -0.2) is 9.78 Å². The summed E-state index contributed by atoms with van der Waals surface area (Å²) < 4.78 is 1.99. The monoisotopic (exact) mass is 481 g/mol. The number of nitrogens with one attached hydrogen (secondary N) is 1. The molecular formula is C29H31N5O2. The molecule has 4 aromatic rings. The topological polar surface area (TPSA) is 94.2 Å². The van der Waals surface area contributed by atoms with Gasteiger partial charge in [0, 0.05) is 45.3 Å². The predicted octanol–water partition coefficient (Wildman–Crippen LogP) is 4.33. The van der Waals surface area contributed by atoms with Crippen LogP contribution in [0.2, 0.25) is 0 Å². The molecule has 0 atom stereocenters. The highest BCUT2D eigenvalue weighted by atomic mass is 16.4. The maximum atomic E-state index is 11.0. The van der Waals surface area contributed by atoms with Gasteiger partial charge in [0.05, 0.1) is 28.2 Å². The van der Waals surface area contributed by atoms with E-state index in [1.165, 1.54) is 11.3 Å². The minimum Gasteiger partial charge on any atom is -0.478 e. The molecular weight excluding hydrogens is 450 g/mol.